The quantitative estimate of drug-likeness (QED) is 0.541. The average Bonchev–Trinajstić information content (AvgIpc) is 2.87. The van der Waals surface area contributed by atoms with Crippen LogP contribution in [0.4, 0.5) is 0 Å². The minimum atomic E-state index is 0.973. The molecule has 2 aromatic rings. The van der Waals surface area contributed by atoms with Gasteiger partial charge in [-0.3, -0.25) is 0 Å². The zero-order valence-electron chi connectivity index (χ0n) is 10.9. The maximum Gasteiger partial charge on any atom is -0.00928 e. The first-order valence-corrected chi connectivity index (χ1v) is 7.68. The van der Waals surface area contributed by atoms with Crippen molar-refractivity contribution in [1.82, 2.24) is 0 Å². The second-order valence-electron chi connectivity index (χ2n) is 7.02. The van der Waals surface area contributed by atoms with Crippen molar-refractivity contribution in [3.8, 4) is 0 Å². The zero-order chi connectivity index (χ0) is 12.1. The lowest BCUT2D eigenvalue weighted by Gasteiger charge is -2.11. The van der Waals surface area contributed by atoms with Gasteiger partial charge < -0.3 is 0 Å². The Morgan fingerprint density at radius 1 is 0.737 bits per heavy atom. The summed E-state index contributed by atoms with van der Waals surface area (Å²) in [6.07, 6.45) is 4.58. The van der Waals surface area contributed by atoms with E-state index in [9.17, 15) is 0 Å². The molecule has 4 unspecified atom stereocenters. The van der Waals surface area contributed by atoms with Crippen LogP contribution in [-0.2, 0) is 0 Å². The van der Waals surface area contributed by atoms with E-state index >= 15 is 0 Å². The Labute approximate surface area is 113 Å². The molecule has 4 atom stereocenters. The number of hydrogen-bond acceptors (Lipinski definition) is 0. The van der Waals surface area contributed by atoms with Crippen LogP contribution in [-0.4, -0.2) is 0 Å². The van der Waals surface area contributed by atoms with Crippen molar-refractivity contribution in [3.63, 3.8) is 0 Å². The molecule has 5 aliphatic rings. The SMILES string of the molecule is c1ccc2cc3c(cc2c1)C3=C1C2CC3CC2CC13. The predicted molar refractivity (Wildman–Crippen MR) is 77.8 cm³/mol. The number of benzene rings is 2. The fourth-order valence-corrected chi connectivity index (χ4v) is 5.60. The molecular formula is C19H16. The molecular weight excluding hydrogens is 228 g/mol. The molecule has 7 rings (SSSR count). The topological polar surface area (TPSA) is 0 Å². The van der Waals surface area contributed by atoms with Gasteiger partial charge in [0.1, 0.15) is 0 Å². The third-order valence-corrected chi connectivity index (χ3v) is 6.31. The Kier molecular flexibility index (Phi) is 1.38. The third-order valence-electron chi connectivity index (χ3n) is 6.31. The number of allylic oxidation sites excluding steroid dienone is 1. The zero-order valence-corrected chi connectivity index (χ0v) is 10.9. The van der Waals surface area contributed by atoms with Gasteiger partial charge in [-0.25, -0.2) is 0 Å². The van der Waals surface area contributed by atoms with E-state index in [2.05, 4.69) is 36.4 Å². The normalized spacial score (nSPS) is 36.6. The molecule has 0 radical (unpaired) electrons. The summed E-state index contributed by atoms with van der Waals surface area (Å²) < 4.78 is 0. The largest absolute Gasteiger partial charge is 0.0616 e. The van der Waals surface area contributed by atoms with E-state index in [1.165, 1.54) is 23.6 Å². The molecule has 0 N–H and O–H groups in total. The smallest absolute Gasteiger partial charge is 0.00928 e. The molecule has 2 aromatic carbocycles. The standard InChI is InChI=1S/C19H16/c1-2-4-11-7-17-16(6-10(11)3-1)19(17)18-14-8-12-5-13(14)9-15(12)18/h1-4,6-7,12-15H,5,8-9H2. The summed E-state index contributed by atoms with van der Waals surface area (Å²) in [6, 6.07) is 13.7. The molecule has 0 saturated heterocycles. The van der Waals surface area contributed by atoms with E-state index in [0.29, 0.717) is 0 Å². The highest BCUT2D eigenvalue weighted by atomic mass is 14.6. The van der Waals surface area contributed by atoms with Crippen molar-refractivity contribution >= 4 is 16.3 Å². The minimum absolute atomic E-state index is 0.973. The van der Waals surface area contributed by atoms with Gasteiger partial charge >= 0.3 is 0 Å². The van der Waals surface area contributed by atoms with Gasteiger partial charge in [-0.15, -0.1) is 0 Å². The van der Waals surface area contributed by atoms with Crippen LogP contribution in [0, 0.1) is 23.7 Å². The molecule has 92 valence electrons. The molecule has 0 amide bonds. The van der Waals surface area contributed by atoms with Crippen molar-refractivity contribution in [2.75, 3.05) is 0 Å². The van der Waals surface area contributed by atoms with Crippen LogP contribution in [0.15, 0.2) is 42.0 Å². The Balaban J connectivity index is 1.59. The Bertz CT molecular complexity index is 717. The van der Waals surface area contributed by atoms with Gasteiger partial charge in [-0.2, -0.15) is 0 Å². The van der Waals surface area contributed by atoms with Gasteiger partial charge in [0, 0.05) is 0 Å². The van der Waals surface area contributed by atoms with Gasteiger partial charge in [-0.1, -0.05) is 29.8 Å². The van der Waals surface area contributed by atoms with Gasteiger partial charge in [0.25, 0.3) is 0 Å². The molecule has 0 aliphatic heterocycles. The Morgan fingerprint density at radius 3 is 1.84 bits per heavy atom. The number of hydrogen-bond donors (Lipinski definition) is 0. The summed E-state index contributed by atoms with van der Waals surface area (Å²) >= 11 is 0. The van der Waals surface area contributed by atoms with Crippen molar-refractivity contribution in [1.29, 1.82) is 0 Å². The van der Waals surface area contributed by atoms with E-state index < -0.39 is 0 Å². The van der Waals surface area contributed by atoms with Gasteiger partial charge in [0.2, 0.25) is 0 Å². The fourth-order valence-electron chi connectivity index (χ4n) is 5.60. The first-order chi connectivity index (χ1) is 9.40. The molecule has 4 bridgehead atoms. The molecule has 0 heteroatoms. The Hall–Kier alpha value is -1.56. The van der Waals surface area contributed by atoms with E-state index in [1.54, 1.807) is 23.1 Å². The van der Waals surface area contributed by atoms with Crippen LogP contribution in [0.2, 0.25) is 0 Å². The maximum absolute atomic E-state index is 2.43. The molecule has 4 saturated carbocycles. The van der Waals surface area contributed by atoms with Crippen molar-refractivity contribution in [2.45, 2.75) is 19.3 Å². The van der Waals surface area contributed by atoms with Crippen molar-refractivity contribution in [3.05, 3.63) is 53.1 Å². The number of rotatable bonds is 0. The van der Waals surface area contributed by atoms with Crippen LogP contribution in [0.1, 0.15) is 30.4 Å². The van der Waals surface area contributed by atoms with Crippen LogP contribution in [0.25, 0.3) is 16.3 Å². The highest BCUT2D eigenvalue weighted by molar-refractivity contribution is 6.08. The minimum Gasteiger partial charge on any atom is -0.0616 e. The van der Waals surface area contributed by atoms with Crippen molar-refractivity contribution in [2.24, 2.45) is 23.7 Å². The van der Waals surface area contributed by atoms with Gasteiger partial charge in [-0.05, 0) is 82.5 Å². The lowest BCUT2D eigenvalue weighted by atomic mass is 9.93. The summed E-state index contributed by atoms with van der Waals surface area (Å²) in [5.74, 6) is 4.06. The van der Waals surface area contributed by atoms with Crippen LogP contribution < -0.4 is 0 Å². The van der Waals surface area contributed by atoms with Crippen LogP contribution >= 0.6 is 0 Å². The van der Waals surface area contributed by atoms with E-state index in [1.807, 2.05) is 5.57 Å². The Morgan fingerprint density at radius 2 is 1.32 bits per heavy atom. The number of fused-ring (bicyclic) bond motifs is 2. The molecule has 0 nitrogen and oxygen atoms in total. The monoisotopic (exact) mass is 244 g/mol. The van der Waals surface area contributed by atoms with Gasteiger partial charge in [0.05, 0.1) is 0 Å². The molecule has 4 fully saturated rings. The highest BCUT2D eigenvalue weighted by Crippen LogP contribution is 2.69. The van der Waals surface area contributed by atoms with Crippen LogP contribution in [0.5, 0.6) is 0 Å². The highest BCUT2D eigenvalue weighted by Gasteiger charge is 2.58. The van der Waals surface area contributed by atoms with E-state index in [-0.39, 0.29) is 0 Å². The lowest BCUT2D eigenvalue weighted by molar-refractivity contribution is 0.457. The van der Waals surface area contributed by atoms with Crippen molar-refractivity contribution < 1.29 is 0 Å². The first-order valence-electron chi connectivity index (χ1n) is 7.68. The lowest BCUT2D eigenvalue weighted by Crippen LogP contribution is -2.01. The van der Waals surface area contributed by atoms with Crippen LogP contribution in [0.3, 0.4) is 0 Å². The third kappa shape index (κ3) is 0.970. The maximum atomic E-state index is 2.43. The van der Waals surface area contributed by atoms with Gasteiger partial charge in [0.15, 0.2) is 0 Å². The molecule has 0 aromatic heterocycles. The molecule has 0 spiro atoms. The summed E-state index contributed by atoms with van der Waals surface area (Å²) in [5.41, 5.74) is 6.72. The average molecular weight is 244 g/mol. The second kappa shape index (κ2) is 2.80. The van der Waals surface area contributed by atoms with E-state index in [0.717, 1.165) is 23.7 Å². The second-order valence-corrected chi connectivity index (χ2v) is 7.02. The molecule has 19 heavy (non-hydrogen) atoms. The summed E-state index contributed by atoms with van der Waals surface area (Å²) in [5, 5.41) is 2.82. The first kappa shape index (κ1) is 9.36. The van der Waals surface area contributed by atoms with E-state index in [4.69, 9.17) is 0 Å². The summed E-state index contributed by atoms with van der Waals surface area (Å²) in [7, 11) is 0. The fraction of sp³-hybridized carbons (Fsp3) is 0.368. The predicted octanol–water partition coefficient (Wildman–Crippen LogP) is 4.63. The summed E-state index contributed by atoms with van der Waals surface area (Å²) in [6.45, 7) is 0. The summed E-state index contributed by atoms with van der Waals surface area (Å²) in [4.78, 5) is 0. The molecule has 5 aliphatic carbocycles. The molecule has 0 heterocycles.